The Morgan fingerprint density at radius 1 is 1.17 bits per heavy atom. The number of hydrogen-bond acceptors (Lipinski definition) is 6. The predicted octanol–water partition coefficient (Wildman–Crippen LogP) is 2.28. The van der Waals surface area contributed by atoms with Crippen LogP contribution in [0.1, 0.15) is 18.2 Å². The highest BCUT2D eigenvalue weighted by atomic mass is 32.2. The Kier molecular flexibility index (Phi) is 7.01. The van der Waals surface area contributed by atoms with Gasteiger partial charge < -0.3 is 9.30 Å². The smallest absolute Gasteiger partial charge is 0.227 e. The maximum absolute atomic E-state index is 13.1. The quantitative estimate of drug-likeness (QED) is 0.486. The number of aromatic nitrogens is 4. The molecule has 0 saturated carbocycles. The zero-order chi connectivity index (χ0) is 21.7. The van der Waals surface area contributed by atoms with Crippen molar-refractivity contribution < 1.29 is 17.5 Å². The van der Waals surface area contributed by atoms with Gasteiger partial charge in [-0.25, -0.2) is 22.5 Å². The minimum absolute atomic E-state index is 0.00511. The van der Waals surface area contributed by atoms with Crippen LogP contribution in [0.2, 0.25) is 0 Å². The summed E-state index contributed by atoms with van der Waals surface area (Å²) in [7, 11) is 0.0945. The first-order valence-corrected chi connectivity index (χ1v) is 11.2. The van der Waals surface area contributed by atoms with Crippen LogP contribution in [0, 0.1) is 5.82 Å². The number of sulfone groups is 1. The summed E-state index contributed by atoms with van der Waals surface area (Å²) in [5.74, 6) is -0.296. The highest BCUT2D eigenvalue weighted by Gasteiger charge is 2.22. The molecule has 0 amide bonds. The van der Waals surface area contributed by atoms with Gasteiger partial charge in [0.15, 0.2) is 0 Å². The Morgan fingerprint density at radius 2 is 1.90 bits per heavy atom. The normalized spacial score (nSPS) is 12.0. The van der Waals surface area contributed by atoms with Crippen LogP contribution in [0.15, 0.2) is 48.0 Å². The Labute approximate surface area is 175 Å². The molecule has 0 aliphatic rings. The second-order valence-corrected chi connectivity index (χ2v) is 9.19. The van der Waals surface area contributed by atoms with Crippen molar-refractivity contribution in [2.45, 2.75) is 31.7 Å². The number of hydrogen-bond donors (Lipinski definition) is 0. The van der Waals surface area contributed by atoms with E-state index in [0.717, 1.165) is 16.9 Å². The molecule has 3 rings (SSSR count). The number of nitrogens with zero attached hydrogens (tertiary/aromatic N) is 5. The molecule has 0 aliphatic heterocycles. The summed E-state index contributed by atoms with van der Waals surface area (Å²) >= 11 is 0. The third-order valence-corrected chi connectivity index (χ3v) is 6.33. The fraction of sp³-hybridized carbons (Fsp3) is 0.400. The average molecular weight is 436 g/mol. The van der Waals surface area contributed by atoms with Crippen LogP contribution in [0.5, 0.6) is 0 Å². The summed E-state index contributed by atoms with van der Waals surface area (Å²) in [5.41, 5.74) is 2.55. The lowest BCUT2D eigenvalue weighted by atomic mass is 10.3. The number of imidazole rings is 1. The number of ether oxygens (including phenoxy) is 1. The van der Waals surface area contributed by atoms with E-state index in [0.29, 0.717) is 26.2 Å². The molecule has 0 saturated heterocycles. The van der Waals surface area contributed by atoms with Crippen LogP contribution < -0.4 is 0 Å². The first-order chi connectivity index (χ1) is 14.3. The summed E-state index contributed by atoms with van der Waals surface area (Å²) in [6.07, 6.45) is 5.25. The molecule has 8 nitrogen and oxygen atoms in total. The fourth-order valence-electron chi connectivity index (χ4n) is 3.14. The molecule has 0 fully saturated rings. The van der Waals surface area contributed by atoms with Gasteiger partial charge in [-0.3, -0.25) is 4.90 Å². The van der Waals surface area contributed by atoms with Gasteiger partial charge in [-0.15, -0.1) is 0 Å². The Balaban J connectivity index is 1.73. The third kappa shape index (κ3) is 5.13. The zero-order valence-electron chi connectivity index (χ0n) is 17.3. The summed E-state index contributed by atoms with van der Waals surface area (Å²) in [6.45, 7) is 3.53. The average Bonchev–Trinajstić information content (AvgIpc) is 3.34. The molecule has 0 atom stereocenters. The molecule has 0 radical (unpaired) electrons. The van der Waals surface area contributed by atoms with Crippen molar-refractivity contribution in [2.24, 2.45) is 0 Å². The first-order valence-electron chi connectivity index (χ1n) is 9.58. The van der Waals surface area contributed by atoms with Crippen LogP contribution in [0.3, 0.4) is 0 Å². The van der Waals surface area contributed by atoms with Gasteiger partial charge >= 0.3 is 0 Å². The maximum atomic E-state index is 13.1. The van der Waals surface area contributed by atoms with Gasteiger partial charge in [-0.1, -0.05) is 6.92 Å². The lowest BCUT2D eigenvalue weighted by Crippen LogP contribution is -2.22. The van der Waals surface area contributed by atoms with E-state index in [1.165, 1.54) is 12.1 Å². The van der Waals surface area contributed by atoms with E-state index in [1.54, 1.807) is 47.8 Å². The number of methoxy groups -OCH3 is 1. The zero-order valence-corrected chi connectivity index (χ0v) is 18.1. The number of halogens is 1. The minimum Gasteiger partial charge on any atom is -0.383 e. The lowest BCUT2D eigenvalue weighted by Gasteiger charge is -2.18. The van der Waals surface area contributed by atoms with Gasteiger partial charge in [0.25, 0.3) is 0 Å². The van der Waals surface area contributed by atoms with E-state index in [4.69, 9.17) is 4.74 Å². The van der Waals surface area contributed by atoms with Gasteiger partial charge in [0.2, 0.25) is 15.0 Å². The molecule has 2 aromatic heterocycles. The molecule has 0 unspecified atom stereocenters. The standard InChI is InChI=1S/C20H26FN5O3S/c1-4-30(27,28)20-22-12-19(25(20)9-10-29-3)15-24(2)13-16-11-23-26(14-16)18-7-5-17(21)6-8-18/h5-8,11-12,14H,4,9-10,13,15H2,1-3H3. The topological polar surface area (TPSA) is 82.3 Å². The molecule has 3 aromatic rings. The highest BCUT2D eigenvalue weighted by molar-refractivity contribution is 7.91. The Hall–Kier alpha value is -2.56. The molecular weight excluding hydrogens is 409 g/mol. The third-order valence-electron chi connectivity index (χ3n) is 4.69. The summed E-state index contributed by atoms with van der Waals surface area (Å²) in [6, 6.07) is 6.12. The van der Waals surface area contributed by atoms with Crippen LogP contribution >= 0.6 is 0 Å². The van der Waals surface area contributed by atoms with Crippen LogP contribution in [0.4, 0.5) is 4.39 Å². The molecule has 0 aliphatic carbocycles. The SMILES string of the molecule is CCS(=O)(=O)c1ncc(CN(C)Cc2cnn(-c3ccc(F)cc3)c2)n1CCOC. The second-order valence-electron chi connectivity index (χ2n) is 7.02. The van der Waals surface area contributed by atoms with Gasteiger partial charge in [-0.05, 0) is 31.3 Å². The van der Waals surface area contributed by atoms with E-state index < -0.39 is 9.84 Å². The predicted molar refractivity (Wildman–Crippen MR) is 111 cm³/mol. The van der Waals surface area contributed by atoms with Gasteiger partial charge in [-0.2, -0.15) is 5.10 Å². The van der Waals surface area contributed by atoms with Crippen LogP contribution in [-0.2, 0) is 34.2 Å². The fourth-order valence-corrected chi connectivity index (χ4v) is 4.15. The largest absolute Gasteiger partial charge is 0.383 e. The molecule has 2 heterocycles. The number of benzene rings is 1. The highest BCUT2D eigenvalue weighted by Crippen LogP contribution is 2.16. The van der Waals surface area contributed by atoms with Crippen molar-refractivity contribution in [1.82, 2.24) is 24.2 Å². The molecule has 1 aromatic carbocycles. The van der Waals surface area contributed by atoms with Crippen molar-refractivity contribution in [3.8, 4) is 5.69 Å². The van der Waals surface area contributed by atoms with E-state index in [1.807, 2.05) is 13.2 Å². The summed E-state index contributed by atoms with van der Waals surface area (Å²) < 4.78 is 46.4. The molecule has 162 valence electrons. The number of rotatable bonds is 10. The van der Waals surface area contributed by atoms with E-state index in [-0.39, 0.29) is 16.7 Å². The van der Waals surface area contributed by atoms with E-state index in [2.05, 4.69) is 15.0 Å². The molecule has 0 spiro atoms. The molecular formula is C20H26FN5O3S. The van der Waals surface area contributed by atoms with Crippen LogP contribution in [-0.4, -0.2) is 59.2 Å². The molecule has 30 heavy (non-hydrogen) atoms. The van der Waals surface area contributed by atoms with Gasteiger partial charge in [0.1, 0.15) is 5.82 Å². The van der Waals surface area contributed by atoms with Crippen molar-refractivity contribution in [3.63, 3.8) is 0 Å². The second kappa shape index (κ2) is 9.50. The lowest BCUT2D eigenvalue weighted by molar-refractivity contribution is 0.182. The van der Waals surface area contributed by atoms with Crippen LogP contribution in [0.25, 0.3) is 5.69 Å². The summed E-state index contributed by atoms with van der Waals surface area (Å²) in [4.78, 5) is 6.22. The minimum atomic E-state index is -3.43. The van der Waals surface area contributed by atoms with E-state index in [9.17, 15) is 12.8 Å². The van der Waals surface area contributed by atoms with E-state index >= 15 is 0 Å². The first kappa shape index (κ1) is 22.1. The van der Waals surface area contributed by atoms with Crippen molar-refractivity contribution in [2.75, 3.05) is 26.5 Å². The van der Waals surface area contributed by atoms with Crippen molar-refractivity contribution in [1.29, 1.82) is 0 Å². The Bertz CT molecular complexity index is 1080. The summed E-state index contributed by atoms with van der Waals surface area (Å²) in [5, 5.41) is 4.41. The molecule has 0 N–H and O–H groups in total. The van der Waals surface area contributed by atoms with Crippen molar-refractivity contribution >= 4 is 9.84 Å². The Morgan fingerprint density at radius 3 is 2.57 bits per heavy atom. The molecule has 0 bridgehead atoms. The van der Waals surface area contributed by atoms with Crippen molar-refractivity contribution in [3.05, 3.63) is 59.9 Å². The van der Waals surface area contributed by atoms with Gasteiger partial charge in [0.05, 0.1) is 36.1 Å². The maximum Gasteiger partial charge on any atom is 0.227 e. The molecule has 10 heteroatoms. The monoisotopic (exact) mass is 435 g/mol. The van der Waals surface area contributed by atoms with Gasteiger partial charge in [0, 0.05) is 38.5 Å².